The van der Waals surface area contributed by atoms with Crippen LogP contribution >= 0.6 is 0 Å². The van der Waals surface area contributed by atoms with Crippen molar-refractivity contribution in [3.8, 4) is 0 Å². The van der Waals surface area contributed by atoms with Crippen molar-refractivity contribution in [2.24, 2.45) is 0 Å². The van der Waals surface area contributed by atoms with Crippen LogP contribution in [0.4, 0.5) is 0 Å². The summed E-state index contributed by atoms with van der Waals surface area (Å²) in [5.74, 6) is -1.64. The molecule has 0 saturated carbocycles. The van der Waals surface area contributed by atoms with Crippen LogP contribution in [0, 0.1) is 0 Å². The molecule has 1 amide bonds. The van der Waals surface area contributed by atoms with E-state index in [0.717, 1.165) is 0 Å². The van der Waals surface area contributed by atoms with Gasteiger partial charge in [-0.15, -0.1) is 0 Å². The van der Waals surface area contributed by atoms with E-state index in [4.69, 9.17) is 0 Å². The van der Waals surface area contributed by atoms with Crippen molar-refractivity contribution in [1.29, 1.82) is 0 Å². The molecule has 0 spiro atoms. The number of carbonyl (C=O) groups is 2. The van der Waals surface area contributed by atoms with Gasteiger partial charge in [-0.1, -0.05) is 0 Å². The van der Waals surface area contributed by atoms with Crippen LogP contribution in [0.25, 0.3) is 0 Å². The zero-order valence-electron chi connectivity index (χ0n) is 4.73. The summed E-state index contributed by atoms with van der Waals surface area (Å²) in [5, 5.41) is 11.6. The maximum absolute atomic E-state index is 9.95. The van der Waals surface area contributed by atoms with Crippen molar-refractivity contribution < 1.29 is 37.1 Å². The summed E-state index contributed by atoms with van der Waals surface area (Å²) in [6.07, 6.45) is 0. The number of amides is 1. The fourth-order valence-electron chi connectivity index (χ4n) is 0.197. The first-order valence-electron chi connectivity index (χ1n) is 2.07. The summed E-state index contributed by atoms with van der Waals surface area (Å²) in [5.41, 5.74) is 0. The first-order chi connectivity index (χ1) is 3.63. The van der Waals surface area contributed by atoms with Crippen molar-refractivity contribution in [3.63, 3.8) is 0 Å². The summed E-state index contributed by atoms with van der Waals surface area (Å²) in [6, 6.07) is 0. The van der Waals surface area contributed by atoms with E-state index in [-0.39, 0.29) is 28.3 Å². The van der Waals surface area contributed by atoms with E-state index < -0.39 is 12.5 Å². The second-order valence-electron chi connectivity index (χ2n) is 1.28. The molecule has 0 aliphatic rings. The van der Waals surface area contributed by atoms with Gasteiger partial charge < -0.3 is 15.2 Å². The Bertz CT molecular complexity index is 100. The molecule has 0 unspecified atom stereocenters. The topological polar surface area (TPSA) is 69.2 Å². The average Bonchev–Trinajstić information content (AvgIpc) is 1.61. The molecule has 5 heteroatoms. The van der Waals surface area contributed by atoms with E-state index in [0.29, 0.717) is 0 Å². The number of carboxylic acid groups (broad SMARTS) is 1. The number of nitrogens with one attached hydrogen (secondary N) is 1. The molecule has 4 nitrogen and oxygen atoms in total. The Morgan fingerprint density at radius 3 is 2.11 bits per heavy atom. The van der Waals surface area contributed by atoms with E-state index in [1.165, 1.54) is 6.92 Å². The maximum Gasteiger partial charge on any atom is 1.00 e. The number of carbonyl (C=O) groups excluding carboxylic acids is 2. The minimum atomic E-state index is -1.28. The summed E-state index contributed by atoms with van der Waals surface area (Å²) in [4.78, 5) is 19.5. The normalized spacial score (nSPS) is 7.22. The van der Waals surface area contributed by atoms with Gasteiger partial charge in [0.25, 0.3) is 0 Å². The Morgan fingerprint density at radius 1 is 1.56 bits per heavy atom. The molecule has 0 saturated heterocycles. The predicted molar refractivity (Wildman–Crippen MR) is 23.7 cm³/mol. The molecule has 1 N–H and O–H groups in total. The summed E-state index contributed by atoms with van der Waals surface area (Å²) < 4.78 is 0. The van der Waals surface area contributed by atoms with Crippen molar-refractivity contribution in [3.05, 3.63) is 0 Å². The van der Waals surface area contributed by atoms with Gasteiger partial charge in [-0.05, 0) is 0 Å². The second-order valence-corrected chi connectivity index (χ2v) is 1.28. The zero-order chi connectivity index (χ0) is 6.57. The van der Waals surface area contributed by atoms with Crippen LogP contribution in [0.15, 0.2) is 0 Å². The molecule has 0 fully saturated rings. The van der Waals surface area contributed by atoms with Crippen molar-refractivity contribution in [2.45, 2.75) is 6.92 Å². The molecule has 0 aromatic rings. The van der Waals surface area contributed by atoms with Crippen LogP contribution < -0.4 is 10.4 Å². The van der Waals surface area contributed by atoms with Gasteiger partial charge in [0.2, 0.25) is 5.91 Å². The Hall–Kier alpha value is -0.320. The maximum atomic E-state index is 9.95. The van der Waals surface area contributed by atoms with Crippen LogP contribution in [0.2, 0.25) is 0 Å². The van der Waals surface area contributed by atoms with Gasteiger partial charge in [-0.2, -0.15) is 0 Å². The van der Waals surface area contributed by atoms with Gasteiger partial charge in [0, 0.05) is 6.92 Å². The number of carboxylic acids is 1. The minimum absolute atomic E-state index is 0. The summed E-state index contributed by atoms with van der Waals surface area (Å²) in [7, 11) is 0. The fraction of sp³-hybridized carbons (Fsp3) is 0.500. The van der Waals surface area contributed by atoms with Crippen LogP contribution in [0.1, 0.15) is 6.92 Å². The average molecular weight is 224 g/mol. The third kappa shape index (κ3) is 11.3. The van der Waals surface area contributed by atoms with Gasteiger partial charge in [0.1, 0.15) is 0 Å². The quantitative estimate of drug-likeness (QED) is 0.544. The van der Waals surface area contributed by atoms with Crippen LogP contribution in [-0.2, 0) is 32.0 Å². The summed E-state index contributed by atoms with van der Waals surface area (Å²) in [6.45, 7) is 0.832. The van der Waals surface area contributed by atoms with Gasteiger partial charge in [0.05, 0.1) is 12.5 Å². The van der Waals surface area contributed by atoms with Gasteiger partial charge in [-0.3, -0.25) is 4.79 Å². The smallest absolute Gasteiger partial charge is 0.548 e. The fourth-order valence-corrected chi connectivity index (χ4v) is 0.197. The molecule has 0 aromatic heterocycles. The largest absolute Gasteiger partial charge is 1.00 e. The third-order valence-electron chi connectivity index (χ3n) is 0.482. The standard InChI is InChI=1S/C4H7NO3.Ag/c1-3(6)5-2-4(7)8;/h2H2,1H3,(H,5,6)(H,7,8);/q;+1/p-1. The van der Waals surface area contributed by atoms with Crippen molar-refractivity contribution >= 4 is 11.9 Å². The van der Waals surface area contributed by atoms with Crippen LogP contribution in [0.5, 0.6) is 0 Å². The number of rotatable bonds is 2. The van der Waals surface area contributed by atoms with Gasteiger partial charge in [0.15, 0.2) is 0 Å². The molecular weight excluding hydrogens is 218 g/mol. The molecule has 0 aliphatic heterocycles. The van der Waals surface area contributed by atoms with Crippen molar-refractivity contribution in [1.82, 2.24) is 5.32 Å². The number of hydrogen-bond acceptors (Lipinski definition) is 3. The second kappa shape index (κ2) is 5.81. The molecular formula is C4H6AgNO3. The Morgan fingerprint density at radius 2 is 2.00 bits per heavy atom. The number of aliphatic carboxylic acids is 1. The van der Waals surface area contributed by atoms with E-state index in [9.17, 15) is 14.7 Å². The van der Waals surface area contributed by atoms with E-state index in [2.05, 4.69) is 0 Å². The van der Waals surface area contributed by atoms with Gasteiger partial charge >= 0.3 is 22.4 Å². The van der Waals surface area contributed by atoms with Crippen LogP contribution in [-0.4, -0.2) is 18.4 Å². The SMILES string of the molecule is CC(=O)NCC(=O)[O-].[Ag+]. The van der Waals surface area contributed by atoms with E-state index >= 15 is 0 Å². The van der Waals surface area contributed by atoms with E-state index in [1.807, 2.05) is 5.32 Å². The molecule has 0 aromatic carbocycles. The molecule has 0 atom stereocenters. The first kappa shape index (κ1) is 11.5. The molecule has 0 radical (unpaired) electrons. The Labute approximate surface area is 68.1 Å². The number of hydrogen-bond donors (Lipinski definition) is 1. The van der Waals surface area contributed by atoms with Crippen molar-refractivity contribution in [2.75, 3.05) is 6.54 Å². The molecule has 56 valence electrons. The Kier molecular flexibility index (Phi) is 7.41. The third-order valence-corrected chi connectivity index (χ3v) is 0.482. The molecule has 0 aliphatic carbocycles. The molecule has 0 heterocycles. The van der Waals surface area contributed by atoms with Gasteiger partial charge in [-0.25, -0.2) is 0 Å². The molecule has 9 heavy (non-hydrogen) atoms. The summed E-state index contributed by atoms with van der Waals surface area (Å²) >= 11 is 0. The Balaban J connectivity index is 0. The molecule has 0 bridgehead atoms. The molecule has 0 rings (SSSR count). The monoisotopic (exact) mass is 223 g/mol. The predicted octanol–water partition coefficient (Wildman–Crippen LogP) is -2.13. The minimum Gasteiger partial charge on any atom is -0.548 e. The van der Waals surface area contributed by atoms with E-state index in [1.54, 1.807) is 0 Å². The van der Waals surface area contributed by atoms with Crippen LogP contribution in [0.3, 0.4) is 0 Å². The zero-order valence-corrected chi connectivity index (χ0v) is 6.22. The first-order valence-corrected chi connectivity index (χ1v) is 2.07.